The second kappa shape index (κ2) is 8.61. The molecule has 1 aromatic rings. The van der Waals surface area contributed by atoms with Crippen LogP contribution in [0.5, 0.6) is 0 Å². The fourth-order valence-corrected chi connectivity index (χ4v) is 3.48. The van der Waals surface area contributed by atoms with Gasteiger partial charge < -0.3 is 10.1 Å². The number of hydrogen-bond acceptors (Lipinski definition) is 5. The molecule has 1 N–H and O–H groups in total. The molecule has 1 unspecified atom stereocenters. The second-order valence-electron chi connectivity index (χ2n) is 6.69. The van der Waals surface area contributed by atoms with E-state index in [4.69, 9.17) is 9.73 Å². The zero-order valence-electron chi connectivity index (χ0n) is 15.5. The minimum atomic E-state index is -0.857. The van der Waals surface area contributed by atoms with Crippen LogP contribution in [0.25, 0.3) is 0 Å². The quantitative estimate of drug-likeness (QED) is 0.794. The number of hydrogen-bond donors (Lipinski definition) is 1. The minimum Gasteiger partial charge on any atom is -0.467 e. The predicted molar refractivity (Wildman–Crippen MR) is 98.4 cm³/mol. The van der Waals surface area contributed by atoms with Crippen molar-refractivity contribution in [2.75, 3.05) is 7.11 Å². The lowest BCUT2D eigenvalue weighted by molar-refractivity contribution is -0.145. The molecule has 0 spiro atoms. The Labute approximate surface area is 154 Å². The van der Waals surface area contributed by atoms with Crippen LogP contribution < -0.4 is 5.32 Å². The third-order valence-electron chi connectivity index (χ3n) is 4.83. The summed E-state index contributed by atoms with van der Waals surface area (Å²) in [6, 6.07) is 11.3. The monoisotopic (exact) mass is 355 g/mol. The smallest absolute Gasteiger partial charge is 0.328 e. The molecule has 0 bridgehead atoms. The first-order valence-electron chi connectivity index (χ1n) is 8.80. The number of methoxy groups -OCH3 is 1. The van der Waals surface area contributed by atoms with Gasteiger partial charge in [-0.25, -0.2) is 4.79 Å². The topological polar surface area (TPSA) is 91.6 Å². The number of carbonyl (C=O) groups excluding carboxylic acids is 2. The Balaban J connectivity index is 2.29. The first-order valence-corrected chi connectivity index (χ1v) is 8.80. The van der Waals surface area contributed by atoms with Gasteiger partial charge in [-0.15, -0.1) is 0 Å². The molecule has 0 radical (unpaired) electrons. The van der Waals surface area contributed by atoms with Gasteiger partial charge in [0.25, 0.3) is 0 Å². The molecular weight excluding hydrogens is 330 g/mol. The molecule has 2 rings (SSSR count). The molecule has 1 fully saturated rings. The fourth-order valence-electron chi connectivity index (χ4n) is 3.48. The van der Waals surface area contributed by atoms with Crippen LogP contribution in [-0.4, -0.2) is 30.7 Å². The molecule has 0 saturated heterocycles. The van der Waals surface area contributed by atoms with Gasteiger partial charge in [-0.05, 0) is 31.7 Å². The molecule has 0 aliphatic heterocycles. The first kappa shape index (κ1) is 19.6. The summed E-state index contributed by atoms with van der Waals surface area (Å²) in [4.78, 5) is 28.3. The summed E-state index contributed by atoms with van der Waals surface area (Å²) in [5.41, 5.74) is 1.02. The summed E-state index contributed by atoms with van der Waals surface area (Å²) in [6.45, 7) is 3.34. The normalized spacial score (nSPS) is 23.1. The van der Waals surface area contributed by atoms with E-state index in [9.17, 15) is 14.9 Å². The SMILES string of the molecule is COC(=O)[C@H](C[C@@]1(C#N)CCCC1=NC(C)c1ccccc1)NC(C)=O. The number of esters is 1. The summed E-state index contributed by atoms with van der Waals surface area (Å²) in [5.74, 6) is -0.875. The lowest BCUT2D eigenvalue weighted by Crippen LogP contribution is -2.45. The van der Waals surface area contributed by atoms with E-state index in [1.54, 1.807) is 0 Å². The van der Waals surface area contributed by atoms with Crippen molar-refractivity contribution in [1.29, 1.82) is 5.26 Å². The Morgan fingerprint density at radius 3 is 2.65 bits per heavy atom. The maximum absolute atomic E-state index is 12.1. The summed E-state index contributed by atoms with van der Waals surface area (Å²) < 4.78 is 4.80. The van der Waals surface area contributed by atoms with Gasteiger partial charge in [0, 0.05) is 19.1 Å². The second-order valence-corrected chi connectivity index (χ2v) is 6.69. The third kappa shape index (κ3) is 4.48. The van der Waals surface area contributed by atoms with Crippen molar-refractivity contribution < 1.29 is 14.3 Å². The molecule has 1 aliphatic rings. The minimum absolute atomic E-state index is 0.0747. The number of nitrogens with one attached hydrogen (secondary N) is 1. The molecule has 1 saturated carbocycles. The maximum Gasteiger partial charge on any atom is 0.328 e. The van der Waals surface area contributed by atoms with Crippen LogP contribution in [0, 0.1) is 16.7 Å². The predicted octanol–water partition coefficient (Wildman–Crippen LogP) is 2.95. The summed E-state index contributed by atoms with van der Waals surface area (Å²) in [7, 11) is 1.28. The van der Waals surface area contributed by atoms with Gasteiger partial charge in [0.1, 0.15) is 6.04 Å². The molecule has 1 amide bonds. The highest BCUT2D eigenvalue weighted by Gasteiger charge is 2.44. The Morgan fingerprint density at radius 1 is 1.38 bits per heavy atom. The number of nitrogens with zero attached hydrogens (tertiary/aromatic N) is 2. The lowest BCUT2D eigenvalue weighted by Gasteiger charge is -2.27. The molecule has 0 aromatic heterocycles. The number of nitriles is 1. The molecule has 6 nitrogen and oxygen atoms in total. The van der Waals surface area contributed by atoms with Crippen LogP contribution in [0.15, 0.2) is 35.3 Å². The Hall–Kier alpha value is -2.68. The van der Waals surface area contributed by atoms with Crippen molar-refractivity contribution in [1.82, 2.24) is 5.32 Å². The molecule has 3 atom stereocenters. The molecule has 0 heterocycles. The Kier molecular flexibility index (Phi) is 6.51. The third-order valence-corrected chi connectivity index (χ3v) is 4.83. The number of rotatable bonds is 6. The van der Waals surface area contributed by atoms with Crippen LogP contribution in [0.2, 0.25) is 0 Å². The fraction of sp³-hybridized carbons (Fsp3) is 0.500. The Morgan fingerprint density at radius 2 is 2.08 bits per heavy atom. The van der Waals surface area contributed by atoms with E-state index in [0.717, 1.165) is 24.1 Å². The van der Waals surface area contributed by atoms with E-state index >= 15 is 0 Å². The van der Waals surface area contributed by atoms with Crippen molar-refractivity contribution in [2.45, 2.75) is 51.6 Å². The molecule has 138 valence electrons. The van der Waals surface area contributed by atoms with Crippen molar-refractivity contribution in [2.24, 2.45) is 10.4 Å². The molecule has 26 heavy (non-hydrogen) atoms. The zero-order valence-corrected chi connectivity index (χ0v) is 15.5. The van der Waals surface area contributed by atoms with Crippen LogP contribution in [0.1, 0.15) is 51.1 Å². The van der Waals surface area contributed by atoms with Gasteiger partial charge >= 0.3 is 5.97 Å². The number of ether oxygens (including phenoxy) is 1. The van der Waals surface area contributed by atoms with Gasteiger partial charge in [-0.2, -0.15) is 5.26 Å². The summed E-state index contributed by atoms with van der Waals surface area (Å²) in [6.07, 6.45) is 2.35. The maximum atomic E-state index is 12.1. The van der Waals surface area contributed by atoms with E-state index in [1.165, 1.54) is 14.0 Å². The average Bonchev–Trinajstić information content (AvgIpc) is 3.03. The van der Waals surface area contributed by atoms with Crippen LogP contribution in [-0.2, 0) is 14.3 Å². The van der Waals surface area contributed by atoms with E-state index in [0.29, 0.717) is 6.42 Å². The van der Waals surface area contributed by atoms with E-state index in [1.807, 2.05) is 37.3 Å². The Bertz CT molecular complexity index is 724. The number of benzene rings is 1. The van der Waals surface area contributed by atoms with Crippen molar-refractivity contribution in [3.8, 4) is 6.07 Å². The average molecular weight is 355 g/mol. The van der Waals surface area contributed by atoms with Crippen LogP contribution in [0.3, 0.4) is 0 Å². The first-order chi connectivity index (χ1) is 12.4. The van der Waals surface area contributed by atoms with E-state index in [2.05, 4.69) is 11.4 Å². The van der Waals surface area contributed by atoms with Crippen molar-refractivity contribution >= 4 is 17.6 Å². The van der Waals surface area contributed by atoms with Crippen LogP contribution in [0.4, 0.5) is 0 Å². The van der Waals surface area contributed by atoms with Crippen LogP contribution >= 0.6 is 0 Å². The van der Waals surface area contributed by atoms with E-state index in [-0.39, 0.29) is 18.4 Å². The van der Waals surface area contributed by atoms with Crippen molar-refractivity contribution in [3.63, 3.8) is 0 Å². The van der Waals surface area contributed by atoms with Gasteiger partial charge in [-0.1, -0.05) is 30.3 Å². The standard InChI is InChI=1S/C20H25N3O3/c1-14(16-8-5-4-6-9-16)22-18-10-7-11-20(18,13-21)12-17(19(25)26-3)23-15(2)24/h4-6,8-9,14,17H,7,10-12H2,1-3H3,(H,23,24)/t14?,17-,20+/m0/s1. The lowest BCUT2D eigenvalue weighted by atomic mass is 9.79. The number of aliphatic imine (C=N–C) groups is 1. The largest absolute Gasteiger partial charge is 0.467 e. The highest BCUT2D eigenvalue weighted by atomic mass is 16.5. The van der Waals surface area contributed by atoms with Gasteiger partial charge in [-0.3, -0.25) is 9.79 Å². The van der Waals surface area contributed by atoms with Gasteiger partial charge in [0.2, 0.25) is 5.91 Å². The zero-order chi connectivity index (χ0) is 19.2. The summed E-state index contributed by atoms with van der Waals surface area (Å²) in [5, 5.41) is 12.5. The van der Waals surface area contributed by atoms with Gasteiger partial charge in [0.05, 0.1) is 24.6 Å². The molecule has 1 aliphatic carbocycles. The molecule has 1 aromatic carbocycles. The van der Waals surface area contributed by atoms with Gasteiger partial charge in [0.15, 0.2) is 0 Å². The molecule has 6 heteroatoms. The molecular formula is C20H25N3O3. The highest BCUT2D eigenvalue weighted by molar-refractivity contribution is 5.95. The number of amides is 1. The van der Waals surface area contributed by atoms with Crippen molar-refractivity contribution in [3.05, 3.63) is 35.9 Å². The number of carbonyl (C=O) groups is 2. The van der Waals surface area contributed by atoms with E-state index < -0.39 is 17.4 Å². The highest BCUT2D eigenvalue weighted by Crippen LogP contribution is 2.41. The summed E-state index contributed by atoms with van der Waals surface area (Å²) >= 11 is 0.